The van der Waals surface area contributed by atoms with Crippen LogP contribution in [0.15, 0.2) is 52.1 Å². The number of nitrogens with zero attached hydrogens (tertiary/aromatic N) is 2. The Kier molecular flexibility index (Phi) is 3.82. The highest BCUT2D eigenvalue weighted by Gasteiger charge is 2.12. The average Bonchev–Trinajstić information content (AvgIpc) is 3.11. The fraction of sp³-hybridized carbons (Fsp3) is 0.105. The van der Waals surface area contributed by atoms with Crippen molar-refractivity contribution in [1.82, 2.24) is 15.0 Å². The molecule has 3 aromatic heterocycles. The van der Waals surface area contributed by atoms with Crippen molar-refractivity contribution < 1.29 is 0 Å². The molecule has 0 aliphatic rings. The molecule has 0 unspecified atom stereocenters. The number of hydrogen-bond acceptors (Lipinski definition) is 5. The lowest BCUT2D eigenvalue weighted by molar-refractivity contribution is 1.14. The van der Waals surface area contributed by atoms with Crippen LogP contribution >= 0.6 is 11.3 Å². The third-order valence-electron chi connectivity index (χ3n) is 4.07. The summed E-state index contributed by atoms with van der Waals surface area (Å²) < 4.78 is 0. The number of anilines is 2. The van der Waals surface area contributed by atoms with Crippen LogP contribution in [0.5, 0.6) is 0 Å². The van der Waals surface area contributed by atoms with E-state index in [1.807, 2.05) is 48.9 Å². The van der Waals surface area contributed by atoms with Crippen molar-refractivity contribution in [3.8, 4) is 11.1 Å². The minimum absolute atomic E-state index is 0.202. The second-order valence-electron chi connectivity index (χ2n) is 5.93. The SMILES string of the molecule is Cc1ccc(Nc2nc3nccc(-c4ccsc4)c3c(=O)[nH]2)c(C)c1. The van der Waals surface area contributed by atoms with Crippen molar-refractivity contribution in [3.05, 3.63) is 68.8 Å². The Balaban J connectivity index is 1.82. The summed E-state index contributed by atoms with van der Waals surface area (Å²) in [4.78, 5) is 24.3. The maximum atomic E-state index is 12.7. The fourth-order valence-corrected chi connectivity index (χ4v) is 3.52. The number of pyridine rings is 1. The summed E-state index contributed by atoms with van der Waals surface area (Å²) in [5.74, 6) is 0.388. The number of fused-ring (bicyclic) bond motifs is 1. The second kappa shape index (κ2) is 6.14. The van der Waals surface area contributed by atoms with Gasteiger partial charge in [0, 0.05) is 17.4 Å². The van der Waals surface area contributed by atoms with Gasteiger partial charge in [-0.15, -0.1) is 0 Å². The van der Waals surface area contributed by atoms with E-state index in [2.05, 4.69) is 26.3 Å². The molecule has 25 heavy (non-hydrogen) atoms. The van der Waals surface area contributed by atoms with Gasteiger partial charge in [-0.1, -0.05) is 17.7 Å². The topological polar surface area (TPSA) is 70.7 Å². The van der Waals surface area contributed by atoms with Crippen LogP contribution in [0, 0.1) is 13.8 Å². The van der Waals surface area contributed by atoms with Crippen LogP contribution in [-0.4, -0.2) is 15.0 Å². The first kappa shape index (κ1) is 15.5. The Hall–Kier alpha value is -2.99. The first-order valence-electron chi connectivity index (χ1n) is 7.88. The van der Waals surface area contributed by atoms with Crippen LogP contribution in [-0.2, 0) is 0 Å². The molecule has 3 heterocycles. The van der Waals surface area contributed by atoms with Gasteiger partial charge >= 0.3 is 0 Å². The van der Waals surface area contributed by atoms with Gasteiger partial charge in [0.15, 0.2) is 5.65 Å². The second-order valence-corrected chi connectivity index (χ2v) is 6.71. The van der Waals surface area contributed by atoms with E-state index in [1.54, 1.807) is 17.5 Å². The summed E-state index contributed by atoms with van der Waals surface area (Å²) in [6.07, 6.45) is 1.68. The number of thiophene rings is 1. The van der Waals surface area contributed by atoms with Crippen LogP contribution in [0.4, 0.5) is 11.6 Å². The molecule has 0 spiro atoms. The normalized spacial score (nSPS) is 11.0. The Morgan fingerprint density at radius 1 is 1.16 bits per heavy atom. The first-order valence-corrected chi connectivity index (χ1v) is 8.82. The van der Waals surface area contributed by atoms with Gasteiger partial charge in [0.2, 0.25) is 5.95 Å². The molecule has 6 heteroatoms. The third-order valence-corrected chi connectivity index (χ3v) is 4.76. The zero-order chi connectivity index (χ0) is 17.4. The van der Waals surface area contributed by atoms with E-state index in [-0.39, 0.29) is 5.56 Å². The number of hydrogen-bond donors (Lipinski definition) is 2. The van der Waals surface area contributed by atoms with Gasteiger partial charge in [0.05, 0.1) is 5.39 Å². The van der Waals surface area contributed by atoms with E-state index in [0.717, 1.165) is 22.4 Å². The minimum atomic E-state index is -0.202. The number of nitrogens with one attached hydrogen (secondary N) is 2. The van der Waals surface area contributed by atoms with Crippen molar-refractivity contribution in [2.75, 3.05) is 5.32 Å². The molecule has 2 N–H and O–H groups in total. The fourth-order valence-electron chi connectivity index (χ4n) is 2.86. The smallest absolute Gasteiger partial charge is 0.262 e. The maximum Gasteiger partial charge on any atom is 0.262 e. The standard InChI is InChI=1S/C19H16N4OS/c1-11-3-4-15(12(2)9-11)21-19-22-17-16(18(24)23-19)14(5-7-20-17)13-6-8-25-10-13/h3-10H,1-2H3,(H2,20,21,22,23,24). The van der Waals surface area contributed by atoms with Crippen molar-refractivity contribution in [2.24, 2.45) is 0 Å². The molecule has 4 aromatic rings. The number of H-pyrrole nitrogens is 1. The molecular weight excluding hydrogens is 332 g/mol. The Morgan fingerprint density at radius 3 is 2.80 bits per heavy atom. The largest absolute Gasteiger partial charge is 0.325 e. The zero-order valence-corrected chi connectivity index (χ0v) is 14.6. The van der Waals surface area contributed by atoms with E-state index in [4.69, 9.17) is 0 Å². The molecule has 124 valence electrons. The van der Waals surface area contributed by atoms with Crippen LogP contribution in [0.2, 0.25) is 0 Å². The summed E-state index contributed by atoms with van der Waals surface area (Å²) in [5, 5.41) is 7.68. The van der Waals surface area contributed by atoms with Crippen LogP contribution in [0.1, 0.15) is 11.1 Å². The van der Waals surface area contributed by atoms with Crippen LogP contribution < -0.4 is 10.9 Å². The van der Waals surface area contributed by atoms with Gasteiger partial charge < -0.3 is 5.32 Å². The summed E-state index contributed by atoms with van der Waals surface area (Å²) in [7, 11) is 0. The van der Waals surface area contributed by atoms with E-state index >= 15 is 0 Å². The number of aromatic nitrogens is 3. The molecule has 0 saturated heterocycles. The third kappa shape index (κ3) is 2.92. The lowest BCUT2D eigenvalue weighted by atomic mass is 10.1. The molecule has 4 rings (SSSR count). The Bertz CT molecular complexity index is 1120. The zero-order valence-electron chi connectivity index (χ0n) is 13.8. The predicted molar refractivity (Wildman–Crippen MR) is 103 cm³/mol. The van der Waals surface area contributed by atoms with E-state index in [0.29, 0.717) is 17.0 Å². The number of rotatable bonds is 3. The first-order chi connectivity index (χ1) is 12.1. The molecule has 0 aliphatic heterocycles. The van der Waals surface area contributed by atoms with Crippen LogP contribution in [0.25, 0.3) is 22.2 Å². The molecule has 0 amide bonds. The lowest BCUT2D eigenvalue weighted by Gasteiger charge is -2.10. The molecule has 0 saturated carbocycles. The molecule has 0 radical (unpaired) electrons. The van der Waals surface area contributed by atoms with Gasteiger partial charge in [-0.2, -0.15) is 16.3 Å². The van der Waals surface area contributed by atoms with Gasteiger partial charge in [-0.25, -0.2) is 4.98 Å². The van der Waals surface area contributed by atoms with Gasteiger partial charge in [0.25, 0.3) is 5.56 Å². The molecule has 1 aromatic carbocycles. The van der Waals surface area contributed by atoms with Gasteiger partial charge in [-0.05, 0) is 53.9 Å². The molecule has 5 nitrogen and oxygen atoms in total. The Labute approximate surface area is 148 Å². The molecule has 0 fully saturated rings. The molecule has 0 aliphatic carbocycles. The van der Waals surface area contributed by atoms with Crippen molar-refractivity contribution in [2.45, 2.75) is 13.8 Å². The van der Waals surface area contributed by atoms with E-state index in [1.165, 1.54) is 5.56 Å². The lowest BCUT2D eigenvalue weighted by Crippen LogP contribution is -2.13. The van der Waals surface area contributed by atoms with Crippen molar-refractivity contribution >= 4 is 34.0 Å². The average molecular weight is 348 g/mol. The van der Waals surface area contributed by atoms with Gasteiger partial charge in [-0.3, -0.25) is 9.78 Å². The molecule has 0 bridgehead atoms. The predicted octanol–water partition coefficient (Wildman–Crippen LogP) is 4.41. The number of benzene rings is 1. The van der Waals surface area contributed by atoms with Gasteiger partial charge in [0.1, 0.15) is 0 Å². The quantitative estimate of drug-likeness (QED) is 0.575. The number of aromatic amines is 1. The number of aryl methyl sites for hydroxylation is 2. The summed E-state index contributed by atoms with van der Waals surface area (Å²) in [6.45, 7) is 4.06. The molecular formula is C19H16N4OS. The maximum absolute atomic E-state index is 12.7. The van der Waals surface area contributed by atoms with E-state index < -0.39 is 0 Å². The van der Waals surface area contributed by atoms with Crippen molar-refractivity contribution in [1.29, 1.82) is 0 Å². The Morgan fingerprint density at radius 2 is 2.04 bits per heavy atom. The highest BCUT2D eigenvalue weighted by Crippen LogP contribution is 2.27. The van der Waals surface area contributed by atoms with E-state index in [9.17, 15) is 4.79 Å². The minimum Gasteiger partial charge on any atom is -0.325 e. The van der Waals surface area contributed by atoms with Crippen LogP contribution in [0.3, 0.4) is 0 Å². The molecule has 0 atom stereocenters. The highest BCUT2D eigenvalue weighted by atomic mass is 32.1. The summed E-state index contributed by atoms with van der Waals surface area (Å²) >= 11 is 1.59. The summed E-state index contributed by atoms with van der Waals surface area (Å²) in [5.41, 5.74) is 5.25. The highest BCUT2D eigenvalue weighted by molar-refractivity contribution is 7.08. The van der Waals surface area contributed by atoms with Crippen molar-refractivity contribution in [3.63, 3.8) is 0 Å². The summed E-state index contributed by atoms with van der Waals surface area (Å²) in [6, 6.07) is 9.90. The monoisotopic (exact) mass is 348 g/mol.